The van der Waals surface area contributed by atoms with Gasteiger partial charge in [0, 0.05) is 12.2 Å². The predicted octanol–water partition coefficient (Wildman–Crippen LogP) is 2.38. The standard InChI is InChI=1S/C17H17N5O2S/c1-12(16(23)21-9-8-13-5-2-3-7-15(13)21)25-17-18-19-20-22(17)11-14-6-4-10-24-14/h2-7,10,12H,8-9,11H2,1H3/t12-/m0/s1. The molecule has 25 heavy (non-hydrogen) atoms. The quantitative estimate of drug-likeness (QED) is 0.654. The summed E-state index contributed by atoms with van der Waals surface area (Å²) in [4.78, 5) is 14.7. The number of para-hydroxylation sites is 1. The topological polar surface area (TPSA) is 77.0 Å². The number of benzene rings is 1. The number of hydrogen-bond acceptors (Lipinski definition) is 6. The van der Waals surface area contributed by atoms with Crippen molar-refractivity contribution in [1.29, 1.82) is 0 Å². The Balaban J connectivity index is 1.47. The highest BCUT2D eigenvalue weighted by atomic mass is 32.2. The molecule has 4 rings (SSSR count). The van der Waals surface area contributed by atoms with Crippen LogP contribution in [0.1, 0.15) is 18.2 Å². The van der Waals surface area contributed by atoms with Crippen molar-refractivity contribution in [2.24, 2.45) is 0 Å². The average Bonchev–Trinajstić information content (AvgIpc) is 3.36. The second-order valence-electron chi connectivity index (χ2n) is 5.83. The summed E-state index contributed by atoms with van der Waals surface area (Å²) in [5.74, 6) is 0.837. The maximum absolute atomic E-state index is 12.9. The van der Waals surface area contributed by atoms with E-state index in [4.69, 9.17) is 4.42 Å². The zero-order valence-corrected chi connectivity index (χ0v) is 14.5. The third-order valence-corrected chi connectivity index (χ3v) is 5.23. The number of furan rings is 1. The number of fused-ring (bicyclic) bond motifs is 1. The maximum Gasteiger partial charge on any atom is 0.240 e. The predicted molar refractivity (Wildman–Crippen MR) is 93.4 cm³/mol. The Kier molecular flexibility index (Phi) is 4.27. The van der Waals surface area contributed by atoms with Crippen molar-refractivity contribution in [2.45, 2.75) is 30.3 Å². The van der Waals surface area contributed by atoms with Crippen molar-refractivity contribution in [2.75, 3.05) is 11.4 Å². The number of amides is 1. The van der Waals surface area contributed by atoms with Crippen LogP contribution in [0.4, 0.5) is 5.69 Å². The number of rotatable bonds is 5. The van der Waals surface area contributed by atoms with E-state index in [2.05, 4.69) is 21.6 Å². The van der Waals surface area contributed by atoms with Gasteiger partial charge in [-0.15, -0.1) is 5.10 Å². The fourth-order valence-electron chi connectivity index (χ4n) is 2.93. The van der Waals surface area contributed by atoms with Gasteiger partial charge in [-0.1, -0.05) is 30.0 Å². The SMILES string of the molecule is C[C@H](Sc1nnnn1Cc1ccco1)C(=O)N1CCc2ccccc21. The molecule has 0 saturated carbocycles. The molecule has 0 unspecified atom stereocenters. The average molecular weight is 355 g/mol. The van der Waals surface area contributed by atoms with Crippen LogP contribution in [-0.4, -0.2) is 37.9 Å². The summed E-state index contributed by atoms with van der Waals surface area (Å²) in [5.41, 5.74) is 2.23. The van der Waals surface area contributed by atoms with Crippen LogP contribution < -0.4 is 4.90 Å². The molecule has 2 aromatic heterocycles. The minimum atomic E-state index is -0.285. The number of nitrogens with zero attached hydrogens (tertiary/aromatic N) is 5. The second kappa shape index (κ2) is 6.72. The Morgan fingerprint density at radius 1 is 1.32 bits per heavy atom. The molecule has 0 fully saturated rings. The van der Waals surface area contributed by atoms with Crippen LogP contribution in [0.5, 0.6) is 0 Å². The molecule has 0 aliphatic carbocycles. The largest absolute Gasteiger partial charge is 0.467 e. The van der Waals surface area contributed by atoms with E-state index in [-0.39, 0.29) is 11.2 Å². The summed E-state index contributed by atoms with van der Waals surface area (Å²) in [6.45, 7) is 3.05. The molecule has 1 aliphatic rings. The molecular formula is C17H17N5O2S. The molecule has 0 spiro atoms. The lowest BCUT2D eigenvalue weighted by atomic mass is 10.2. The van der Waals surface area contributed by atoms with Gasteiger partial charge in [0.25, 0.3) is 0 Å². The second-order valence-corrected chi connectivity index (χ2v) is 7.14. The van der Waals surface area contributed by atoms with Gasteiger partial charge >= 0.3 is 0 Å². The van der Waals surface area contributed by atoms with E-state index in [0.29, 0.717) is 11.7 Å². The van der Waals surface area contributed by atoms with Gasteiger partial charge in [-0.3, -0.25) is 4.79 Å². The van der Waals surface area contributed by atoms with Crippen LogP contribution in [0.2, 0.25) is 0 Å². The lowest BCUT2D eigenvalue weighted by molar-refractivity contribution is -0.117. The van der Waals surface area contributed by atoms with E-state index >= 15 is 0 Å². The van der Waals surface area contributed by atoms with Gasteiger partial charge in [-0.25, -0.2) is 4.68 Å². The molecular weight excluding hydrogens is 338 g/mol. The van der Waals surface area contributed by atoms with Crippen LogP contribution in [0, 0.1) is 0 Å². The fourth-order valence-corrected chi connectivity index (χ4v) is 3.78. The first kappa shape index (κ1) is 15.9. The first-order chi connectivity index (χ1) is 12.2. The van der Waals surface area contributed by atoms with E-state index < -0.39 is 0 Å². The molecule has 1 amide bonds. The minimum Gasteiger partial charge on any atom is -0.467 e. The number of tetrazole rings is 1. The molecule has 0 bridgehead atoms. The number of carbonyl (C=O) groups excluding carboxylic acids is 1. The Bertz CT molecular complexity index is 877. The number of anilines is 1. The molecule has 7 nitrogen and oxygen atoms in total. The smallest absolute Gasteiger partial charge is 0.240 e. The molecule has 3 aromatic rings. The summed E-state index contributed by atoms with van der Waals surface area (Å²) in [7, 11) is 0. The Hall–Kier alpha value is -2.61. The van der Waals surface area contributed by atoms with Crippen molar-refractivity contribution < 1.29 is 9.21 Å². The molecule has 128 valence electrons. The molecule has 1 aliphatic heterocycles. The lowest BCUT2D eigenvalue weighted by Crippen LogP contribution is -2.35. The Labute approximate surface area is 149 Å². The summed E-state index contributed by atoms with van der Waals surface area (Å²) in [6.07, 6.45) is 2.51. The molecule has 1 atom stereocenters. The molecule has 0 saturated heterocycles. The van der Waals surface area contributed by atoms with Crippen LogP contribution in [0.15, 0.2) is 52.2 Å². The summed E-state index contributed by atoms with van der Waals surface area (Å²) < 4.78 is 6.98. The van der Waals surface area contributed by atoms with E-state index in [1.54, 1.807) is 10.9 Å². The van der Waals surface area contributed by atoms with Crippen LogP contribution in [-0.2, 0) is 17.8 Å². The Morgan fingerprint density at radius 2 is 2.20 bits per heavy atom. The van der Waals surface area contributed by atoms with Gasteiger partial charge in [-0.05, 0) is 47.5 Å². The van der Waals surface area contributed by atoms with E-state index in [0.717, 1.165) is 24.4 Å². The normalized spacial score (nSPS) is 14.5. The van der Waals surface area contributed by atoms with Crippen molar-refractivity contribution in [3.8, 4) is 0 Å². The van der Waals surface area contributed by atoms with Gasteiger partial charge in [0.1, 0.15) is 12.3 Å². The van der Waals surface area contributed by atoms with Crippen molar-refractivity contribution in [1.82, 2.24) is 20.2 Å². The third-order valence-electron chi connectivity index (χ3n) is 4.17. The molecule has 0 radical (unpaired) electrons. The van der Waals surface area contributed by atoms with E-state index in [1.165, 1.54) is 17.3 Å². The summed E-state index contributed by atoms with van der Waals surface area (Å²) in [5, 5.41) is 12.1. The highest BCUT2D eigenvalue weighted by Gasteiger charge is 2.29. The van der Waals surface area contributed by atoms with Crippen LogP contribution in [0.25, 0.3) is 0 Å². The first-order valence-electron chi connectivity index (χ1n) is 8.07. The van der Waals surface area contributed by atoms with Gasteiger partial charge in [0.2, 0.25) is 11.1 Å². The Morgan fingerprint density at radius 3 is 3.04 bits per heavy atom. The fraction of sp³-hybridized carbons (Fsp3) is 0.294. The minimum absolute atomic E-state index is 0.0718. The molecule has 0 N–H and O–H groups in total. The van der Waals surface area contributed by atoms with Gasteiger partial charge in [0.05, 0.1) is 11.5 Å². The maximum atomic E-state index is 12.9. The lowest BCUT2D eigenvalue weighted by Gasteiger charge is -2.21. The number of aromatic nitrogens is 4. The van der Waals surface area contributed by atoms with Crippen molar-refractivity contribution in [3.63, 3.8) is 0 Å². The zero-order chi connectivity index (χ0) is 17.2. The summed E-state index contributed by atoms with van der Waals surface area (Å²) in [6, 6.07) is 11.7. The molecule has 3 heterocycles. The monoisotopic (exact) mass is 355 g/mol. The molecule has 8 heteroatoms. The van der Waals surface area contributed by atoms with Crippen LogP contribution >= 0.6 is 11.8 Å². The number of thioether (sulfide) groups is 1. The first-order valence-corrected chi connectivity index (χ1v) is 8.95. The summed E-state index contributed by atoms with van der Waals surface area (Å²) >= 11 is 1.36. The number of hydrogen-bond donors (Lipinski definition) is 0. The van der Waals surface area contributed by atoms with Gasteiger partial charge in [0.15, 0.2) is 0 Å². The van der Waals surface area contributed by atoms with Crippen molar-refractivity contribution >= 4 is 23.4 Å². The highest BCUT2D eigenvalue weighted by Crippen LogP contribution is 2.31. The van der Waals surface area contributed by atoms with Crippen molar-refractivity contribution in [3.05, 3.63) is 54.0 Å². The van der Waals surface area contributed by atoms with E-state index in [1.807, 2.05) is 42.2 Å². The van der Waals surface area contributed by atoms with Gasteiger partial charge in [-0.2, -0.15) is 0 Å². The van der Waals surface area contributed by atoms with Crippen LogP contribution in [0.3, 0.4) is 0 Å². The molecule has 1 aromatic carbocycles. The highest BCUT2D eigenvalue weighted by molar-refractivity contribution is 8.00. The van der Waals surface area contributed by atoms with E-state index in [9.17, 15) is 4.79 Å². The third kappa shape index (κ3) is 3.17. The zero-order valence-electron chi connectivity index (χ0n) is 13.7. The van der Waals surface area contributed by atoms with Gasteiger partial charge < -0.3 is 9.32 Å². The number of carbonyl (C=O) groups is 1.